The van der Waals surface area contributed by atoms with E-state index in [-0.39, 0.29) is 4.90 Å². The molecular weight excluding hydrogens is 293 g/mol. The van der Waals surface area contributed by atoms with E-state index in [4.69, 9.17) is 0 Å². The number of alkyl halides is 3. The van der Waals surface area contributed by atoms with Crippen LogP contribution in [0.1, 0.15) is 12.0 Å². The number of hydrogen-bond donors (Lipinski definition) is 1. The molecule has 0 heterocycles. The van der Waals surface area contributed by atoms with Gasteiger partial charge in [-0.15, -0.1) is 0 Å². The van der Waals surface area contributed by atoms with Gasteiger partial charge in [0.05, 0.1) is 10.5 Å². The molecule has 1 N–H and O–H groups in total. The average molecular weight is 310 g/mol. The van der Waals surface area contributed by atoms with Crippen molar-refractivity contribution >= 4 is 10.0 Å². The molecule has 4 nitrogen and oxygen atoms in total. The summed E-state index contributed by atoms with van der Waals surface area (Å²) in [4.78, 5) is -0.141. The van der Waals surface area contributed by atoms with Crippen molar-refractivity contribution in [2.24, 2.45) is 0 Å². The zero-order valence-electron chi connectivity index (χ0n) is 11.2. The fourth-order valence-corrected chi connectivity index (χ4v) is 2.80. The van der Waals surface area contributed by atoms with Gasteiger partial charge < -0.3 is 5.32 Å². The van der Waals surface area contributed by atoms with E-state index in [9.17, 15) is 21.6 Å². The van der Waals surface area contributed by atoms with Crippen LogP contribution in [0.25, 0.3) is 0 Å². The first-order chi connectivity index (χ1) is 9.19. The van der Waals surface area contributed by atoms with E-state index in [2.05, 4.69) is 5.32 Å². The first-order valence-electron chi connectivity index (χ1n) is 5.98. The normalized spacial score (nSPS) is 12.9. The Balaban J connectivity index is 2.87. The fourth-order valence-electron chi connectivity index (χ4n) is 1.59. The monoisotopic (exact) mass is 310 g/mol. The number of sulfonamides is 1. The van der Waals surface area contributed by atoms with Crippen LogP contribution < -0.4 is 5.32 Å². The SMILES string of the molecule is CNCCCN(C)S(=O)(=O)c1ccc(C(F)(F)F)cc1. The van der Waals surface area contributed by atoms with Crippen molar-refractivity contribution in [1.29, 1.82) is 0 Å². The van der Waals surface area contributed by atoms with Gasteiger partial charge in [0, 0.05) is 13.6 Å². The molecule has 0 aliphatic rings. The molecule has 0 unspecified atom stereocenters. The van der Waals surface area contributed by atoms with Gasteiger partial charge in [-0.1, -0.05) is 0 Å². The van der Waals surface area contributed by atoms with Crippen molar-refractivity contribution in [1.82, 2.24) is 9.62 Å². The van der Waals surface area contributed by atoms with E-state index in [1.54, 1.807) is 7.05 Å². The quantitative estimate of drug-likeness (QED) is 0.817. The van der Waals surface area contributed by atoms with E-state index in [1.165, 1.54) is 7.05 Å². The van der Waals surface area contributed by atoms with E-state index < -0.39 is 21.8 Å². The Kier molecular flexibility index (Phi) is 5.55. The van der Waals surface area contributed by atoms with Crippen LogP contribution >= 0.6 is 0 Å². The molecule has 0 radical (unpaired) electrons. The third-order valence-corrected chi connectivity index (χ3v) is 4.66. The molecule has 0 spiro atoms. The number of hydrogen-bond acceptors (Lipinski definition) is 3. The van der Waals surface area contributed by atoms with Gasteiger partial charge in [-0.05, 0) is 44.3 Å². The van der Waals surface area contributed by atoms with Gasteiger partial charge in [0.1, 0.15) is 0 Å². The molecule has 1 aromatic carbocycles. The summed E-state index contributed by atoms with van der Waals surface area (Å²) in [7, 11) is -0.584. The second-order valence-corrected chi connectivity index (χ2v) is 6.35. The molecule has 20 heavy (non-hydrogen) atoms. The second kappa shape index (κ2) is 6.55. The minimum absolute atomic E-state index is 0.141. The predicted molar refractivity (Wildman–Crippen MR) is 69.8 cm³/mol. The van der Waals surface area contributed by atoms with Gasteiger partial charge in [-0.3, -0.25) is 0 Å². The summed E-state index contributed by atoms with van der Waals surface area (Å²) in [6.45, 7) is 0.955. The van der Waals surface area contributed by atoms with Crippen LogP contribution in [0.2, 0.25) is 0 Å². The summed E-state index contributed by atoms with van der Waals surface area (Å²) >= 11 is 0. The van der Waals surface area contributed by atoms with Gasteiger partial charge >= 0.3 is 6.18 Å². The Morgan fingerprint density at radius 1 is 1.20 bits per heavy atom. The zero-order valence-corrected chi connectivity index (χ0v) is 12.1. The van der Waals surface area contributed by atoms with Gasteiger partial charge in [-0.25, -0.2) is 12.7 Å². The highest BCUT2D eigenvalue weighted by atomic mass is 32.2. The lowest BCUT2D eigenvalue weighted by Gasteiger charge is -2.17. The highest BCUT2D eigenvalue weighted by molar-refractivity contribution is 7.89. The number of halogens is 3. The van der Waals surface area contributed by atoms with Crippen molar-refractivity contribution in [2.45, 2.75) is 17.5 Å². The molecule has 0 aliphatic heterocycles. The number of nitrogens with zero attached hydrogens (tertiary/aromatic N) is 1. The lowest BCUT2D eigenvalue weighted by atomic mass is 10.2. The van der Waals surface area contributed by atoms with Gasteiger partial charge in [0.15, 0.2) is 0 Å². The molecule has 114 valence electrons. The Morgan fingerprint density at radius 2 is 1.75 bits per heavy atom. The Bertz CT molecular complexity index is 527. The lowest BCUT2D eigenvalue weighted by Crippen LogP contribution is -2.29. The van der Waals surface area contributed by atoms with E-state index in [0.717, 1.165) is 28.6 Å². The lowest BCUT2D eigenvalue weighted by molar-refractivity contribution is -0.137. The maximum absolute atomic E-state index is 12.4. The first kappa shape index (κ1) is 16.9. The second-order valence-electron chi connectivity index (χ2n) is 4.31. The zero-order chi connectivity index (χ0) is 15.4. The smallest absolute Gasteiger partial charge is 0.320 e. The summed E-state index contributed by atoms with van der Waals surface area (Å²) in [6, 6.07) is 3.50. The van der Waals surface area contributed by atoms with Crippen molar-refractivity contribution in [2.75, 3.05) is 27.2 Å². The Morgan fingerprint density at radius 3 is 2.20 bits per heavy atom. The van der Waals surface area contributed by atoms with Crippen LogP contribution in [0, 0.1) is 0 Å². The number of benzene rings is 1. The summed E-state index contributed by atoms with van der Waals surface area (Å²) in [6.07, 6.45) is -3.85. The van der Waals surface area contributed by atoms with Gasteiger partial charge in [0.25, 0.3) is 0 Å². The highest BCUT2D eigenvalue weighted by Gasteiger charge is 2.31. The number of nitrogens with one attached hydrogen (secondary N) is 1. The fraction of sp³-hybridized carbons (Fsp3) is 0.500. The van der Waals surface area contributed by atoms with Gasteiger partial charge in [0.2, 0.25) is 10.0 Å². The summed E-state index contributed by atoms with van der Waals surface area (Å²) in [5, 5.41) is 2.89. The molecule has 0 aromatic heterocycles. The van der Waals surface area contributed by atoms with E-state index in [0.29, 0.717) is 19.5 Å². The minimum Gasteiger partial charge on any atom is -0.320 e. The maximum Gasteiger partial charge on any atom is 0.416 e. The van der Waals surface area contributed by atoms with Crippen LogP contribution in [-0.2, 0) is 16.2 Å². The minimum atomic E-state index is -4.47. The van der Waals surface area contributed by atoms with Crippen LogP contribution in [0.5, 0.6) is 0 Å². The van der Waals surface area contributed by atoms with Crippen LogP contribution in [0.3, 0.4) is 0 Å². The van der Waals surface area contributed by atoms with Crippen molar-refractivity contribution < 1.29 is 21.6 Å². The molecule has 0 aliphatic carbocycles. The Labute approximate surface area is 116 Å². The third kappa shape index (κ3) is 4.19. The topological polar surface area (TPSA) is 49.4 Å². The molecule has 8 heteroatoms. The third-order valence-electron chi connectivity index (χ3n) is 2.79. The summed E-state index contributed by atoms with van der Waals surface area (Å²) in [5.41, 5.74) is -0.866. The predicted octanol–water partition coefficient (Wildman–Crippen LogP) is 1.94. The molecule has 0 atom stereocenters. The van der Waals surface area contributed by atoms with Gasteiger partial charge in [-0.2, -0.15) is 13.2 Å². The molecule has 0 fully saturated rings. The van der Waals surface area contributed by atoms with Crippen LogP contribution in [0.15, 0.2) is 29.2 Å². The summed E-state index contributed by atoms with van der Waals surface area (Å²) in [5.74, 6) is 0. The standard InChI is InChI=1S/C12H17F3N2O2S/c1-16-8-3-9-17(2)20(18,19)11-6-4-10(5-7-11)12(13,14)15/h4-7,16H,3,8-9H2,1-2H3. The van der Waals surface area contributed by atoms with Crippen LogP contribution in [0.4, 0.5) is 13.2 Å². The summed E-state index contributed by atoms with van der Waals surface area (Å²) < 4.78 is 62.6. The van der Waals surface area contributed by atoms with Crippen LogP contribution in [-0.4, -0.2) is 39.9 Å². The van der Waals surface area contributed by atoms with Crippen molar-refractivity contribution in [3.8, 4) is 0 Å². The molecular formula is C12H17F3N2O2S. The number of rotatable bonds is 6. The molecule has 0 bridgehead atoms. The maximum atomic E-state index is 12.4. The molecule has 1 rings (SSSR count). The average Bonchev–Trinajstić information content (AvgIpc) is 2.38. The van der Waals surface area contributed by atoms with E-state index in [1.807, 2.05) is 0 Å². The molecule has 0 saturated heterocycles. The van der Waals surface area contributed by atoms with Crippen molar-refractivity contribution in [3.05, 3.63) is 29.8 Å². The first-order valence-corrected chi connectivity index (χ1v) is 7.42. The van der Waals surface area contributed by atoms with Crippen molar-refractivity contribution in [3.63, 3.8) is 0 Å². The Hall–Kier alpha value is -1.12. The molecule has 0 amide bonds. The highest BCUT2D eigenvalue weighted by Crippen LogP contribution is 2.30. The molecule has 1 aromatic rings. The largest absolute Gasteiger partial charge is 0.416 e. The van der Waals surface area contributed by atoms with E-state index >= 15 is 0 Å². The molecule has 0 saturated carbocycles.